The molecule has 2 aromatic rings. The van der Waals surface area contributed by atoms with E-state index in [4.69, 9.17) is 26.8 Å². The number of sulfone groups is 1. The van der Waals surface area contributed by atoms with Gasteiger partial charge in [-0.1, -0.05) is 23.7 Å². The standard InChI is InChI=1S/C28H33ClN2O6S/c1-17-12-21(18-8-6-9-19(13-18)38(5,34)35)22(29)14-20(17)24-25(30)28(37-26(24)33)10-7-11-31(16-28)15-23(32)36-27(2,3)4/h6,8-9,12-14H,7,10-11,15-16,30H2,1-5H3. The highest BCUT2D eigenvalue weighted by molar-refractivity contribution is 7.90. The summed E-state index contributed by atoms with van der Waals surface area (Å²) in [5, 5.41) is 0.348. The molecule has 2 aliphatic heterocycles. The van der Waals surface area contributed by atoms with Gasteiger partial charge in [0.05, 0.1) is 22.7 Å². The number of nitrogens with zero attached hydrogens (tertiary/aromatic N) is 1. The van der Waals surface area contributed by atoms with Crippen LogP contribution in [0.5, 0.6) is 0 Å². The lowest BCUT2D eigenvalue weighted by atomic mass is 9.86. The van der Waals surface area contributed by atoms with Crippen molar-refractivity contribution >= 4 is 38.9 Å². The Bertz CT molecular complexity index is 1440. The third-order valence-electron chi connectivity index (χ3n) is 6.72. The van der Waals surface area contributed by atoms with Crippen LogP contribution in [0.1, 0.15) is 44.7 Å². The van der Waals surface area contributed by atoms with Crippen LogP contribution in [0.2, 0.25) is 5.02 Å². The van der Waals surface area contributed by atoms with Crippen LogP contribution in [0.25, 0.3) is 16.7 Å². The maximum atomic E-state index is 13.2. The molecule has 0 aromatic heterocycles. The largest absolute Gasteiger partial charge is 0.459 e. The molecule has 8 nitrogen and oxygen atoms in total. The molecule has 1 atom stereocenters. The highest BCUT2D eigenvalue weighted by Gasteiger charge is 2.49. The van der Waals surface area contributed by atoms with Crippen molar-refractivity contribution in [1.82, 2.24) is 4.90 Å². The second-order valence-electron chi connectivity index (χ2n) is 11.0. The Morgan fingerprint density at radius 2 is 1.92 bits per heavy atom. The molecule has 2 heterocycles. The number of hydrogen-bond donors (Lipinski definition) is 1. The SMILES string of the molecule is Cc1cc(-c2cccc(S(C)(=O)=O)c2)c(Cl)cc1C1=C(N)C2(CCCN(CC(=O)OC(C)(C)C)C2)OC1=O. The van der Waals surface area contributed by atoms with Crippen molar-refractivity contribution in [3.8, 4) is 11.1 Å². The number of aryl methyl sites for hydroxylation is 1. The first-order valence-corrected chi connectivity index (χ1v) is 14.7. The van der Waals surface area contributed by atoms with E-state index in [0.29, 0.717) is 46.8 Å². The van der Waals surface area contributed by atoms with Gasteiger partial charge in [-0.25, -0.2) is 13.2 Å². The number of ether oxygens (including phenoxy) is 2. The van der Waals surface area contributed by atoms with Gasteiger partial charge in [0.1, 0.15) is 5.60 Å². The van der Waals surface area contributed by atoms with Gasteiger partial charge in [-0.2, -0.15) is 0 Å². The minimum Gasteiger partial charge on any atom is -0.459 e. The lowest BCUT2D eigenvalue weighted by Crippen LogP contribution is -2.52. The number of carbonyl (C=O) groups is 2. The summed E-state index contributed by atoms with van der Waals surface area (Å²) in [4.78, 5) is 27.7. The van der Waals surface area contributed by atoms with Crippen LogP contribution in [-0.4, -0.2) is 62.3 Å². The van der Waals surface area contributed by atoms with E-state index in [-0.39, 0.29) is 29.5 Å². The van der Waals surface area contributed by atoms with Crippen molar-refractivity contribution < 1.29 is 27.5 Å². The summed E-state index contributed by atoms with van der Waals surface area (Å²) in [5.74, 6) is -0.882. The topological polar surface area (TPSA) is 116 Å². The molecule has 2 N–H and O–H groups in total. The molecular formula is C28H33ClN2O6S. The fourth-order valence-electron chi connectivity index (χ4n) is 5.04. The number of halogens is 1. The number of likely N-dealkylation sites (tertiary alicyclic amines) is 1. The molecule has 0 saturated carbocycles. The fraction of sp³-hybridized carbons (Fsp3) is 0.429. The van der Waals surface area contributed by atoms with Gasteiger partial charge in [0, 0.05) is 23.4 Å². The number of rotatable bonds is 5. The molecule has 2 aromatic carbocycles. The molecule has 0 aliphatic carbocycles. The molecule has 204 valence electrons. The van der Waals surface area contributed by atoms with E-state index in [2.05, 4.69) is 0 Å². The van der Waals surface area contributed by atoms with Crippen molar-refractivity contribution in [2.75, 3.05) is 25.9 Å². The van der Waals surface area contributed by atoms with E-state index in [0.717, 1.165) is 11.8 Å². The summed E-state index contributed by atoms with van der Waals surface area (Å²) >= 11 is 6.66. The predicted octanol–water partition coefficient (Wildman–Crippen LogP) is 4.12. The number of nitrogens with two attached hydrogens (primary N) is 1. The maximum Gasteiger partial charge on any atom is 0.341 e. The minimum atomic E-state index is -3.39. The van der Waals surface area contributed by atoms with Crippen molar-refractivity contribution in [1.29, 1.82) is 0 Å². The Balaban J connectivity index is 1.66. The number of benzene rings is 2. The van der Waals surface area contributed by atoms with Gasteiger partial charge in [0.2, 0.25) is 0 Å². The van der Waals surface area contributed by atoms with Crippen LogP contribution >= 0.6 is 11.6 Å². The molecule has 1 spiro atoms. The van der Waals surface area contributed by atoms with E-state index in [9.17, 15) is 18.0 Å². The Hall–Kier alpha value is -2.88. The van der Waals surface area contributed by atoms with Crippen LogP contribution in [0, 0.1) is 6.92 Å². The summed E-state index contributed by atoms with van der Waals surface area (Å²) in [6.45, 7) is 8.30. The zero-order valence-electron chi connectivity index (χ0n) is 22.3. The Kier molecular flexibility index (Phi) is 7.42. The Labute approximate surface area is 228 Å². The average Bonchev–Trinajstić information content (AvgIpc) is 3.02. The van der Waals surface area contributed by atoms with E-state index in [1.165, 1.54) is 6.07 Å². The first-order chi connectivity index (χ1) is 17.6. The van der Waals surface area contributed by atoms with Crippen molar-refractivity contribution in [2.24, 2.45) is 5.73 Å². The molecule has 10 heteroatoms. The summed E-state index contributed by atoms with van der Waals surface area (Å²) < 4.78 is 35.4. The highest BCUT2D eigenvalue weighted by atomic mass is 35.5. The van der Waals surface area contributed by atoms with Crippen molar-refractivity contribution in [3.05, 3.63) is 58.2 Å². The van der Waals surface area contributed by atoms with Crippen molar-refractivity contribution in [3.63, 3.8) is 0 Å². The average molecular weight is 561 g/mol. The second-order valence-corrected chi connectivity index (χ2v) is 13.4. The number of esters is 2. The molecule has 0 bridgehead atoms. The van der Waals surface area contributed by atoms with Gasteiger partial charge in [-0.3, -0.25) is 9.69 Å². The number of hydrogen-bond acceptors (Lipinski definition) is 8. The molecule has 4 rings (SSSR count). The van der Waals surface area contributed by atoms with Gasteiger partial charge in [-0.05, 0) is 88.0 Å². The minimum absolute atomic E-state index is 0.0747. The third kappa shape index (κ3) is 5.75. The monoisotopic (exact) mass is 560 g/mol. The first kappa shape index (κ1) is 28.1. The maximum absolute atomic E-state index is 13.2. The molecule has 0 radical (unpaired) electrons. The summed E-state index contributed by atoms with van der Waals surface area (Å²) in [6.07, 6.45) is 2.39. The van der Waals surface area contributed by atoms with Gasteiger partial charge < -0.3 is 15.2 Å². The predicted molar refractivity (Wildman–Crippen MR) is 146 cm³/mol. The molecule has 1 unspecified atom stereocenters. The lowest BCUT2D eigenvalue weighted by molar-refractivity contribution is -0.159. The highest BCUT2D eigenvalue weighted by Crippen LogP contribution is 2.43. The van der Waals surface area contributed by atoms with E-state index < -0.39 is 27.0 Å². The quantitative estimate of drug-likeness (QED) is 0.543. The molecule has 0 amide bonds. The third-order valence-corrected chi connectivity index (χ3v) is 8.14. The van der Waals surface area contributed by atoms with Crippen LogP contribution in [0.3, 0.4) is 0 Å². The Morgan fingerprint density at radius 1 is 1.21 bits per heavy atom. The van der Waals surface area contributed by atoms with Crippen molar-refractivity contribution in [2.45, 2.75) is 56.6 Å². The van der Waals surface area contributed by atoms with Crippen LogP contribution in [-0.2, 0) is 28.9 Å². The molecular weight excluding hydrogens is 528 g/mol. The van der Waals surface area contributed by atoms with E-state index >= 15 is 0 Å². The van der Waals surface area contributed by atoms with E-state index in [1.54, 1.807) is 24.3 Å². The zero-order chi connectivity index (χ0) is 28.0. The molecule has 2 aliphatic rings. The second kappa shape index (κ2) is 10.0. The van der Waals surface area contributed by atoms with Gasteiger partial charge in [-0.15, -0.1) is 0 Å². The van der Waals surface area contributed by atoms with Gasteiger partial charge in [0.15, 0.2) is 15.4 Å². The van der Waals surface area contributed by atoms with Gasteiger partial charge >= 0.3 is 11.9 Å². The molecule has 1 saturated heterocycles. The smallest absolute Gasteiger partial charge is 0.341 e. The normalized spacial score (nSPS) is 20.6. The Morgan fingerprint density at radius 3 is 2.58 bits per heavy atom. The number of carbonyl (C=O) groups excluding carboxylic acids is 2. The van der Waals surface area contributed by atoms with Crippen LogP contribution in [0.4, 0.5) is 0 Å². The zero-order valence-corrected chi connectivity index (χ0v) is 23.8. The summed E-state index contributed by atoms with van der Waals surface area (Å²) in [7, 11) is -3.39. The summed E-state index contributed by atoms with van der Waals surface area (Å²) in [6, 6.07) is 10.0. The van der Waals surface area contributed by atoms with Crippen LogP contribution < -0.4 is 5.73 Å². The molecule has 38 heavy (non-hydrogen) atoms. The molecule has 1 fully saturated rings. The lowest BCUT2D eigenvalue weighted by Gasteiger charge is -2.39. The van der Waals surface area contributed by atoms with Crippen LogP contribution in [0.15, 0.2) is 47.0 Å². The van der Waals surface area contributed by atoms with E-state index in [1.807, 2.05) is 38.7 Å². The fourth-order valence-corrected chi connectivity index (χ4v) is 5.98. The summed E-state index contributed by atoms with van der Waals surface area (Å²) in [5.41, 5.74) is 8.16. The van der Waals surface area contributed by atoms with Gasteiger partial charge in [0.25, 0.3) is 0 Å². The number of piperidine rings is 1. The first-order valence-electron chi connectivity index (χ1n) is 12.4.